The van der Waals surface area contributed by atoms with Crippen molar-refractivity contribution >= 4 is 22.6 Å². The highest BCUT2D eigenvalue weighted by atomic mass is 35.5. The molecule has 1 aliphatic rings. The van der Waals surface area contributed by atoms with Gasteiger partial charge in [0.1, 0.15) is 18.1 Å². The number of halogens is 4. The number of benzene rings is 3. The third-order valence-electron chi connectivity index (χ3n) is 5.88. The van der Waals surface area contributed by atoms with E-state index in [9.17, 15) is 18.0 Å². The van der Waals surface area contributed by atoms with Gasteiger partial charge in [0, 0.05) is 18.1 Å². The van der Waals surface area contributed by atoms with Gasteiger partial charge in [0.05, 0.1) is 16.5 Å². The van der Waals surface area contributed by atoms with Crippen molar-refractivity contribution in [2.45, 2.75) is 19.1 Å². The number of nitrogens with zero attached hydrogens (tertiary/aromatic N) is 1. The molecule has 4 aromatic rings. The van der Waals surface area contributed by atoms with Gasteiger partial charge in [0.15, 0.2) is 0 Å². The van der Waals surface area contributed by atoms with Gasteiger partial charge in [-0.2, -0.15) is 13.2 Å². The maximum Gasteiger partial charge on any atom is 0.450 e. The highest BCUT2D eigenvalue weighted by Gasteiger charge is 2.40. The van der Waals surface area contributed by atoms with E-state index in [1.165, 1.54) is 18.2 Å². The van der Waals surface area contributed by atoms with Gasteiger partial charge in [-0.1, -0.05) is 60.1 Å². The second-order valence-electron chi connectivity index (χ2n) is 8.09. The molecule has 0 aliphatic carbocycles. The molecule has 0 fully saturated rings. The lowest BCUT2D eigenvalue weighted by Gasteiger charge is -2.29. The first-order chi connectivity index (χ1) is 16.3. The Labute approximate surface area is 198 Å². The van der Waals surface area contributed by atoms with Gasteiger partial charge < -0.3 is 9.15 Å². The van der Waals surface area contributed by atoms with Crippen LogP contribution in [0, 0.1) is 0 Å². The van der Waals surface area contributed by atoms with Gasteiger partial charge in [0.2, 0.25) is 11.2 Å². The van der Waals surface area contributed by atoms with Crippen molar-refractivity contribution in [1.82, 2.24) is 4.90 Å². The number of alkyl halides is 3. The maximum absolute atomic E-state index is 14.0. The van der Waals surface area contributed by atoms with Crippen LogP contribution >= 0.6 is 11.6 Å². The minimum Gasteiger partial charge on any atom is -0.478 e. The summed E-state index contributed by atoms with van der Waals surface area (Å²) in [5.41, 5.74) is 0.220. The molecule has 0 radical (unpaired) electrons. The predicted molar refractivity (Wildman–Crippen MR) is 124 cm³/mol. The van der Waals surface area contributed by atoms with E-state index in [1.807, 2.05) is 29.2 Å². The number of ether oxygens (including phenoxy) is 1. The van der Waals surface area contributed by atoms with Gasteiger partial charge in [-0.05, 0) is 35.7 Å². The largest absolute Gasteiger partial charge is 0.478 e. The van der Waals surface area contributed by atoms with Crippen LogP contribution in [0.1, 0.15) is 16.9 Å². The monoisotopic (exact) mass is 485 g/mol. The van der Waals surface area contributed by atoms with Crippen molar-refractivity contribution in [3.05, 3.63) is 98.9 Å². The van der Waals surface area contributed by atoms with Crippen LogP contribution in [0.5, 0.6) is 5.75 Å². The smallest absolute Gasteiger partial charge is 0.450 e. The Balaban J connectivity index is 1.57. The summed E-state index contributed by atoms with van der Waals surface area (Å²) in [6.45, 7) is 1.11. The lowest BCUT2D eigenvalue weighted by Crippen LogP contribution is -2.34. The molecular weight excluding hydrogens is 467 g/mol. The molecule has 174 valence electrons. The third-order valence-corrected chi connectivity index (χ3v) is 6.25. The van der Waals surface area contributed by atoms with E-state index in [4.69, 9.17) is 20.8 Å². The molecule has 4 nitrogen and oxygen atoms in total. The van der Waals surface area contributed by atoms with Crippen molar-refractivity contribution in [3.63, 3.8) is 0 Å². The number of fused-ring (bicyclic) bond motifs is 3. The molecule has 34 heavy (non-hydrogen) atoms. The fourth-order valence-electron chi connectivity index (χ4n) is 4.20. The highest BCUT2D eigenvalue weighted by molar-refractivity contribution is 6.31. The van der Waals surface area contributed by atoms with E-state index in [1.54, 1.807) is 24.3 Å². The molecule has 1 aliphatic heterocycles. The second kappa shape index (κ2) is 8.81. The van der Waals surface area contributed by atoms with E-state index < -0.39 is 22.9 Å². The first-order valence-corrected chi connectivity index (χ1v) is 11.0. The average molecular weight is 486 g/mol. The zero-order valence-corrected chi connectivity index (χ0v) is 18.6. The molecule has 0 unspecified atom stereocenters. The van der Waals surface area contributed by atoms with Gasteiger partial charge in [-0.25, -0.2) is 0 Å². The van der Waals surface area contributed by atoms with Crippen LogP contribution in [0.4, 0.5) is 13.2 Å². The van der Waals surface area contributed by atoms with Crippen molar-refractivity contribution < 1.29 is 22.3 Å². The Morgan fingerprint density at radius 2 is 1.71 bits per heavy atom. The number of rotatable bonds is 4. The molecule has 1 aromatic heterocycles. The third kappa shape index (κ3) is 4.17. The zero-order chi connectivity index (χ0) is 23.9. The van der Waals surface area contributed by atoms with E-state index in [0.717, 1.165) is 5.56 Å². The van der Waals surface area contributed by atoms with E-state index in [0.29, 0.717) is 29.3 Å². The summed E-state index contributed by atoms with van der Waals surface area (Å²) in [5.74, 6) is -0.900. The van der Waals surface area contributed by atoms with Crippen LogP contribution in [0.3, 0.4) is 0 Å². The molecule has 0 bridgehead atoms. The summed E-state index contributed by atoms with van der Waals surface area (Å²) < 4.78 is 53.3. The molecule has 0 atom stereocenters. The summed E-state index contributed by atoms with van der Waals surface area (Å²) in [7, 11) is 0. The van der Waals surface area contributed by atoms with Crippen LogP contribution in [0.15, 0.2) is 75.9 Å². The molecule has 0 saturated carbocycles. The van der Waals surface area contributed by atoms with Crippen molar-refractivity contribution in [2.24, 2.45) is 0 Å². The highest BCUT2D eigenvalue weighted by Crippen LogP contribution is 2.40. The number of hydrogen-bond acceptors (Lipinski definition) is 4. The van der Waals surface area contributed by atoms with E-state index >= 15 is 0 Å². The summed E-state index contributed by atoms with van der Waals surface area (Å²) in [6, 6.07) is 18.3. The fraction of sp³-hybridized carbons (Fsp3) is 0.192. The molecule has 0 amide bonds. The first kappa shape index (κ1) is 22.5. The molecule has 2 heterocycles. The minimum atomic E-state index is -4.85. The Hall–Kier alpha value is -3.29. The second-order valence-corrected chi connectivity index (χ2v) is 8.49. The van der Waals surface area contributed by atoms with Crippen LogP contribution in [0.25, 0.3) is 22.1 Å². The average Bonchev–Trinajstić information content (AvgIpc) is 2.83. The van der Waals surface area contributed by atoms with Crippen molar-refractivity contribution in [1.29, 1.82) is 0 Å². The Morgan fingerprint density at radius 3 is 2.44 bits per heavy atom. The molecule has 8 heteroatoms. The van der Waals surface area contributed by atoms with Crippen LogP contribution in [-0.4, -0.2) is 18.2 Å². The molecule has 3 aromatic carbocycles. The maximum atomic E-state index is 14.0. The molecular formula is C26H19ClF3NO3. The van der Waals surface area contributed by atoms with E-state index in [2.05, 4.69) is 0 Å². The lowest BCUT2D eigenvalue weighted by molar-refractivity contribution is -0.152. The topological polar surface area (TPSA) is 42.7 Å². The Morgan fingerprint density at radius 1 is 0.971 bits per heavy atom. The Bertz CT molecular complexity index is 1420. The zero-order valence-electron chi connectivity index (χ0n) is 17.9. The molecule has 0 saturated heterocycles. The molecule has 5 rings (SSSR count). The van der Waals surface area contributed by atoms with Gasteiger partial charge >= 0.3 is 6.18 Å². The van der Waals surface area contributed by atoms with Crippen LogP contribution in [-0.2, 0) is 19.1 Å². The number of hydrogen-bond donors (Lipinski definition) is 0. The van der Waals surface area contributed by atoms with Gasteiger partial charge in [0.25, 0.3) is 0 Å². The SMILES string of the molecule is O=c1c(-c2ccccc2)c(C(F)(F)F)oc2c3c(ccc12)OCN(CCc1ccccc1Cl)C3. The van der Waals surface area contributed by atoms with E-state index in [-0.39, 0.29) is 29.8 Å². The van der Waals surface area contributed by atoms with Crippen molar-refractivity contribution in [2.75, 3.05) is 13.3 Å². The normalized spacial score (nSPS) is 14.1. The molecule has 0 N–H and O–H groups in total. The fourth-order valence-corrected chi connectivity index (χ4v) is 4.43. The predicted octanol–water partition coefficient (Wildman–Crippen LogP) is 6.53. The van der Waals surface area contributed by atoms with Crippen molar-refractivity contribution in [3.8, 4) is 16.9 Å². The lowest BCUT2D eigenvalue weighted by atomic mass is 10.00. The summed E-state index contributed by atoms with van der Waals surface area (Å²) in [4.78, 5) is 15.2. The minimum absolute atomic E-state index is 0.0853. The summed E-state index contributed by atoms with van der Waals surface area (Å²) in [5, 5.41) is 0.739. The quantitative estimate of drug-likeness (QED) is 0.330. The van der Waals surface area contributed by atoms with Gasteiger partial charge in [-0.15, -0.1) is 0 Å². The van der Waals surface area contributed by atoms with Gasteiger partial charge in [-0.3, -0.25) is 9.69 Å². The Kier molecular flexibility index (Phi) is 5.83. The standard InChI is InChI=1S/C26H19ClF3NO3/c27-20-9-5-4-6-16(20)12-13-31-14-19-21(33-15-31)11-10-18-23(32)22(17-7-2-1-3-8-17)25(26(28,29)30)34-24(18)19/h1-11H,12-15H2. The summed E-state index contributed by atoms with van der Waals surface area (Å²) >= 11 is 6.24. The van der Waals surface area contributed by atoms with Crippen LogP contribution in [0.2, 0.25) is 5.02 Å². The first-order valence-electron chi connectivity index (χ1n) is 10.7. The molecule has 0 spiro atoms. The summed E-state index contributed by atoms with van der Waals surface area (Å²) in [6.07, 6.45) is -4.21. The van der Waals surface area contributed by atoms with Crippen LogP contribution < -0.4 is 10.2 Å².